The molecule has 0 spiro atoms. The number of nitrogens with zero attached hydrogens (tertiary/aromatic N) is 2. The number of ether oxygens (including phenoxy) is 2. The smallest absolute Gasteiger partial charge is 0.296 e. The number of nitrogens with one attached hydrogen (secondary N) is 1. The molecule has 3 N–H and O–H groups in total. The third kappa shape index (κ3) is 5.94. The number of hydrogen-bond acceptors (Lipinski definition) is 8. The molecule has 1 saturated heterocycles. The molecule has 5 rings (SSSR count). The SMILES string of the molecule is CS(=O)(=O)Cc1ccc(-c2ccc(-c3nc4nc(O[C@H]5CO[C@H](CO)[C@@H](O)C5)[nH]c4cc3Cl)cc2)cc1. The number of imidazole rings is 1. The lowest BCUT2D eigenvalue weighted by Gasteiger charge is -2.31. The molecule has 37 heavy (non-hydrogen) atoms. The number of halogens is 1. The molecule has 1 fully saturated rings. The second-order valence-electron chi connectivity index (χ2n) is 9.17. The van der Waals surface area contributed by atoms with E-state index in [0.717, 1.165) is 22.3 Å². The highest BCUT2D eigenvalue weighted by atomic mass is 35.5. The third-order valence-corrected chi connectivity index (χ3v) is 7.31. The summed E-state index contributed by atoms with van der Waals surface area (Å²) in [7, 11) is -3.08. The lowest BCUT2D eigenvalue weighted by molar-refractivity contribution is -0.131. The highest BCUT2D eigenvalue weighted by Gasteiger charge is 2.31. The van der Waals surface area contributed by atoms with Crippen LogP contribution in [0.4, 0.5) is 0 Å². The van der Waals surface area contributed by atoms with Gasteiger partial charge >= 0.3 is 0 Å². The molecular formula is C26H26ClN3O6S. The molecule has 2 aromatic carbocycles. The summed E-state index contributed by atoms with van der Waals surface area (Å²) in [6, 6.07) is 17.2. The lowest BCUT2D eigenvalue weighted by atomic mass is 10.0. The maximum atomic E-state index is 11.5. The van der Waals surface area contributed by atoms with E-state index in [1.165, 1.54) is 6.26 Å². The molecular weight excluding hydrogens is 518 g/mol. The van der Waals surface area contributed by atoms with Gasteiger partial charge in [0, 0.05) is 18.2 Å². The first-order chi connectivity index (χ1) is 17.7. The molecule has 3 heterocycles. The molecule has 1 aliphatic rings. The number of aromatic nitrogens is 3. The van der Waals surface area contributed by atoms with E-state index in [0.29, 0.717) is 28.3 Å². The summed E-state index contributed by atoms with van der Waals surface area (Å²) in [5, 5.41) is 19.7. The Balaban J connectivity index is 1.32. The van der Waals surface area contributed by atoms with Crippen LogP contribution in [-0.4, -0.2) is 71.4 Å². The highest BCUT2D eigenvalue weighted by molar-refractivity contribution is 7.89. The van der Waals surface area contributed by atoms with Gasteiger partial charge in [-0.3, -0.25) is 0 Å². The molecule has 0 saturated carbocycles. The normalized spacial score (nSPS) is 20.3. The highest BCUT2D eigenvalue weighted by Crippen LogP contribution is 2.31. The molecule has 0 bridgehead atoms. The van der Waals surface area contributed by atoms with E-state index in [1.807, 2.05) is 48.5 Å². The minimum absolute atomic E-state index is 0.0133. The van der Waals surface area contributed by atoms with Gasteiger partial charge < -0.3 is 24.7 Å². The molecule has 0 radical (unpaired) electrons. The van der Waals surface area contributed by atoms with E-state index in [9.17, 15) is 18.6 Å². The number of hydrogen-bond donors (Lipinski definition) is 3. The zero-order valence-corrected chi connectivity index (χ0v) is 21.5. The molecule has 0 amide bonds. The van der Waals surface area contributed by atoms with E-state index >= 15 is 0 Å². The quantitative estimate of drug-likeness (QED) is 0.323. The Labute approximate surface area is 219 Å². The summed E-state index contributed by atoms with van der Waals surface area (Å²) in [6.07, 6.45) is -0.308. The number of sulfone groups is 1. The zero-order valence-electron chi connectivity index (χ0n) is 20.0. The monoisotopic (exact) mass is 543 g/mol. The minimum Gasteiger partial charge on any atom is -0.459 e. The maximum Gasteiger partial charge on any atom is 0.296 e. The number of benzene rings is 2. The average Bonchev–Trinajstić information content (AvgIpc) is 3.24. The molecule has 9 nitrogen and oxygen atoms in total. The van der Waals surface area contributed by atoms with Crippen molar-refractivity contribution in [3.63, 3.8) is 0 Å². The summed E-state index contributed by atoms with van der Waals surface area (Å²) in [4.78, 5) is 12.1. The van der Waals surface area contributed by atoms with Crippen LogP contribution in [0, 0.1) is 0 Å². The Morgan fingerprint density at radius 1 is 1.08 bits per heavy atom. The first-order valence-electron chi connectivity index (χ1n) is 11.7. The fourth-order valence-corrected chi connectivity index (χ4v) is 5.37. The summed E-state index contributed by atoms with van der Waals surface area (Å²) in [6.45, 7) is -0.0199. The number of fused-ring (bicyclic) bond motifs is 1. The van der Waals surface area contributed by atoms with Gasteiger partial charge in [0.2, 0.25) is 0 Å². The Hall–Kier alpha value is -3.02. The first-order valence-corrected chi connectivity index (χ1v) is 14.1. The summed E-state index contributed by atoms with van der Waals surface area (Å²) in [5.74, 6) is 0.0133. The van der Waals surface area contributed by atoms with Crippen molar-refractivity contribution in [3.8, 4) is 28.4 Å². The zero-order chi connectivity index (χ0) is 26.2. The van der Waals surface area contributed by atoms with Crippen LogP contribution in [0.2, 0.25) is 5.02 Å². The largest absolute Gasteiger partial charge is 0.459 e. The van der Waals surface area contributed by atoms with Gasteiger partial charge in [0.25, 0.3) is 6.01 Å². The van der Waals surface area contributed by atoms with Gasteiger partial charge in [-0.2, -0.15) is 4.98 Å². The van der Waals surface area contributed by atoms with Crippen molar-refractivity contribution in [1.29, 1.82) is 0 Å². The van der Waals surface area contributed by atoms with Crippen molar-refractivity contribution in [3.05, 3.63) is 65.2 Å². The van der Waals surface area contributed by atoms with Gasteiger partial charge in [0.05, 0.1) is 41.3 Å². The number of H-pyrrole nitrogens is 1. The Morgan fingerprint density at radius 3 is 2.35 bits per heavy atom. The van der Waals surface area contributed by atoms with Gasteiger partial charge in [-0.05, 0) is 22.8 Å². The van der Waals surface area contributed by atoms with Gasteiger partial charge in [0.15, 0.2) is 15.5 Å². The van der Waals surface area contributed by atoms with Crippen LogP contribution in [0.1, 0.15) is 12.0 Å². The van der Waals surface area contributed by atoms with Crippen LogP contribution in [0.5, 0.6) is 6.01 Å². The van der Waals surface area contributed by atoms with E-state index in [4.69, 9.17) is 21.1 Å². The molecule has 0 unspecified atom stereocenters. The number of aliphatic hydroxyl groups excluding tert-OH is 2. The van der Waals surface area contributed by atoms with E-state index in [1.54, 1.807) is 6.07 Å². The van der Waals surface area contributed by atoms with Crippen LogP contribution in [0.15, 0.2) is 54.6 Å². The van der Waals surface area contributed by atoms with E-state index < -0.39 is 28.1 Å². The molecule has 194 valence electrons. The van der Waals surface area contributed by atoms with Crippen molar-refractivity contribution < 1.29 is 28.1 Å². The van der Waals surface area contributed by atoms with Crippen molar-refractivity contribution in [2.75, 3.05) is 19.5 Å². The topological polar surface area (TPSA) is 135 Å². The molecule has 3 atom stereocenters. The van der Waals surface area contributed by atoms with Crippen LogP contribution in [0.3, 0.4) is 0 Å². The number of rotatable bonds is 7. The summed E-state index contributed by atoms with van der Waals surface area (Å²) in [5.41, 5.74) is 5.12. The molecule has 0 aliphatic carbocycles. The Bertz CT molecular complexity index is 1510. The number of aromatic amines is 1. The van der Waals surface area contributed by atoms with E-state index in [-0.39, 0.29) is 25.0 Å². The van der Waals surface area contributed by atoms with Crippen molar-refractivity contribution >= 4 is 32.6 Å². The lowest BCUT2D eigenvalue weighted by Crippen LogP contribution is -2.45. The fraction of sp³-hybridized carbons (Fsp3) is 0.308. The van der Waals surface area contributed by atoms with Gasteiger partial charge in [0.1, 0.15) is 12.2 Å². The summed E-state index contributed by atoms with van der Waals surface area (Å²) >= 11 is 6.54. The second-order valence-corrected chi connectivity index (χ2v) is 11.7. The second kappa shape index (κ2) is 10.4. The van der Waals surface area contributed by atoms with Crippen LogP contribution >= 0.6 is 11.6 Å². The van der Waals surface area contributed by atoms with Gasteiger partial charge in [-0.25, -0.2) is 13.4 Å². The summed E-state index contributed by atoms with van der Waals surface area (Å²) < 4.78 is 34.3. The average molecular weight is 544 g/mol. The predicted molar refractivity (Wildman–Crippen MR) is 140 cm³/mol. The van der Waals surface area contributed by atoms with Crippen LogP contribution in [-0.2, 0) is 20.3 Å². The molecule has 11 heteroatoms. The van der Waals surface area contributed by atoms with Crippen molar-refractivity contribution in [2.24, 2.45) is 0 Å². The third-order valence-electron chi connectivity index (χ3n) is 6.17. The van der Waals surface area contributed by atoms with Crippen LogP contribution < -0.4 is 4.74 Å². The first kappa shape index (κ1) is 25.6. The number of pyridine rings is 1. The minimum atomic E-state index is -3.08. The van der Waals surface area contributed by atoms with E-state index in [2.05, 4.69) is 15.0 Å². The number of aliphatic hydroxyl groups is 2. The molecule has 4 aromatic rings. The molecule has 1 aliphatic heterocycles. The standard InChI is InChI=1S/C26H26ClN3O6S/c1-37(33,34)14-15-2-4-16(5-3-15)17-6-8-18(9-7-17)24-20(27)11-21-25(29-24)30-26(28-21)36-19-10-22(32)23(12-31)35-13-19/h2-9,11,19,22-23,31-32H,10,12-14H2,1H3,(H,28,29,30)/t19-,22+,23-/m1/s1. The van der Waals surface area contributed by atoms with Gasteiger partial charge in [-0.1, -0.05) is 60.1 Å². The fourth-order valence-electron chi connectivity index (χ4n) is 4.32. The Kier molecular flexibility index (Phi) is 7.19. The van der Waals surface area contributed by atoms with Gasteiger partial charge in [-0.15, -0.1) is 0 Å². The van der Waals surface area contributed by atoms with Crippen molar-refractivity contribution in [1.82, 2.24) is 15.0 Å². The Morgan fingerprint density at radius 2 is 1.73 bits per heavy atom. The molecule has 2 aromatic heterocycles. The predicted octanol–water partition coefficient (Wildman–Crippen LogP) is 3.38. The van der Waals surface area contributed by atoms with Crippen molar-refractivity contribution in [2.45, 2.75) is 30.5 Å². The maximum absolute atomic E-state index is 11.5. The van der Waals surface area contributed by atoms with Crippen LogP contribution in [0.25, 0.3) is 33.5 Å².